The maximum atomic E-state index is 5.40. The molecular formula is C18H22N6S. The standard InChI is InChI=1S/C18H22N6S/c19-17(20)24-18-23-16(9-25-18)12-2-1-3-14(8-12)21-10-22-15-7-11-4-5-13(15)6-11/h1-3,8-11,13,15H,4-7H2,(H,21,22)(H4,19,20,23,24). The van der Waals surface area contributed by atoms with E-state index in [1.54, 1.807) is 0 Å². The molecule has 5 N–H and O–H groups in total. The molecule has 2 aliphatic rings. The second-order valence-corrected chi connectivity index (χ2v) is 7.63. The second-order valence-electron chi connectivity index (χ2n) is 6.80. The third kappa shape index (κ3) is 3.66. The molecule has 3 atom stereocenters. The Hall–Kier alpha value is -2.41. The van der Waals surface area contributed by atoms with Gasteiger partial charge in [-0.2, -0.15) is 4.99 Å². The van der Waals surface area contributed by atoms with E-state index >= 15 is 0 Å². The van der Waals surface area contributed by atoms with Crippen LogP contribution in [0.3, 0.4) is 0 Å². The predicted molar refractivity (Wildman–Crippen MR) is 104 cm³/mol. The van der Waals surface area contributed by atoms with Crippen molar-refractivity contribution in [2.75, 3.05) is 5.32 Å². The molecule has 3 unspecified atom stereocenters. The molecule has 25 heavy (non-hydrogen) atoms. The monoisotopic (exact) mass is 354 g/mol. The number of guanidine groups is 1. The van der Waals surface area contributed by atoms with E-state index < -0.39 is 0 Å². The first-order valence-corrected chi connectivity index (χ1v) is 9.49. The molecule has 0 saturated heterocycles. The molecule has 2 aromatic rings. The first-order valence-electron chi connectivity index (χ1n) is 8.61. The number of hydrogen-bond acceptors (Lipinski definition) is 4. The van der Waals surface area contributed by atoms with Crippen LogP contribution in [0.25, 0.3) is 11.3 Å². The lowest BCUT2D eigenvalue weighted by molar-refractivity contribution is 0.421. The Morgan fingerprint density at radius 1 is 1.28 bits per heavy atom. The fourth-order valence-corrected chi connectivity index (χ4v) is 4.64. The number of fused-ring (bicyclic) bond motifs is 2. The third-order valence-corrected chi connectivity index (χ3v) is 5.81. The number of thiazole rings is 1. The molecule has 6 nitrogen and oxygen atoms in total. The van der Waals surface area contributed by atoms with Gasteiger partial charge in [0.15, 0.2) is 5.96 Å². The zero-order valence-electron chi connectivity index (χ0n) is 13.9. The van der Waals surface area contributed by atoms with Gasteiger partial charge in [0, 0.05) is 16.6 Å². The van der Waals surface area contributed by atoms with Crippen LogP contribution < -0.4 is 16.8 Å². The molecule has 2 saturated carbocycles. The Labute approximate surface area is 151 Å². The van der Waals surface area contributed by atoms with Crippen molar-refractivity contribution in [1.82, 2.24) is 4.98 Å². The Bertz CT molecular complexity index is 807. The van der Waals surface area contributed by atoms with Gasteiger partial charge in [-0.25, -0.2) is 4.98 Å². The minimum atomic E-state index is 0.0214. The van der Waals surface area contributed by atoms with Crippen LogP contribution in [0.2, 0.25) is 0 Å². The van der Waals surface area contributed by atoms with Crippen LogP contribution in [0.5, 0.6) is 0 Å². The quantitative estimate of drug-likeness (QED) is 0.566. The Morgan fingerprint density at radius 3 is 2.96 bits per heavy atom. The molecule has 4 rings (SSSR count). The average molecular weight is 354 g/mol. The Kier molecular flexibility index (Phi) is 4.40. The summed E-state index contributed by atoms with van der Waals surface area (Å²) in [5.74, 6) is 1.74. The van der Waals surface area contributed by atoms with E-state index in [-0.39, 0.29) is 5.96 Å². The lowest BCUT2D eigenvalue weighted by Gasteiger charge is -2.17. The normalized spacial score (nSPS) is 24.7. The van der Waals surface area contributed by atoms with Gasteiger partial charge in [-0.05, 0) is 43.2 Å². The van der Waals surface area contributed by atoms with Crippen LogP contribution in [-0.4, -0.2) is 23.3 Å². The van der Waals surface area contributed by atoms with Crippen molar-refractivity contribution in [2.45, 2.75) is 31.7 Å². The lowest BCUT2D eigenvalue weighted by atomic mass is 9.96. The number of nitrogens with zero attached hydrogens (tertiary/aromatic N) is 3. The maximum absolute atomic E-state index is 5.40. The zero-order chi connectivity index (χ0) is 17.2. The summed E-state index contributed by atoms with van der Waals surface area (Å²) in [6, 6.07) is 8.62. The van der Waals surface area contributed by atoms with E-state index in [1.165, 1.54) is 37.0 Å². The Balaban J connectivity index is 1.42. The van der Waals surface area contributed by atoms with Crippen LogP contribution in [0.1, 0.15) is 25.7 Å². The van der Waals surface area contributed by atoms with Gasteiger partial charge >= 0.3 is 0 Å². The number of aliphatic imine (C=N–C) groups is 2. The summed E-state index contributed by atoms with van der Waals surface area (Å²) >= 11 is 1.41. The molecule has 0 aliphatic heterocycles. The highest BCUT2D eigenvalue weighted by atomic mass is 32.1. The molecule has 0 radical (unpaired) electrons. The summed E-state index contributed by atoms with van der Waals surface area (Å²) in [5, 5.41) is 5.81. The molecule has 1 heterocycles. The van der Waals surface area contributed by atoms with Crippen LogP contribution in [0.15, 0.2) is 39.6 Å². The molecule has 0 amide bonds. The average Bonchev–Trinajstić information content (AvgIpc) is 3.31. The van der Waals surface area contributed by atoms with Crippen molar-refractivity contribution in [2.24, 2.45) is 33.3 Å². The van der Waals surface area contributed by atoms with E-state index in [0.29, 0.717) is 11.2 Å². The van der Waals surface area contributed by atoms with Crippen molar-refractivity contribution in [1.29, 1.82) is 0 Å². The van der Waals surface area contributed by atoms with Crippen LogP contribution in [0.4, 0.5) is 10.8 Å². The molecule has 2 fully saturated rings. The summed E-state index contributed by atoms with van der Waals surface area (Å²) in [6.45, 7) is 0. The molecule has 1 aromatic carbocycles. The van der Waals surface area contributed by atoms with E-state index in [1.807, 2.05) is 29.9 Å². The second kappa shape index (κ2) is 6.84. The SMILES string of the molecule is NC(N)=Nc1nc(-c2cccc(NC=NC3CC4CCC3C4)c2)cs1. The number of benzene rings is 1. The number of anilines is 1. The number of hydrogen-bond donors (Lipinski definition) is 3. The summed E-state index contributed by atoms with van der Waals surface area (Å²) in [5.41, 5.74) is 13.7. The van der Waals surface area contributed by atoms with E-state index in [9.17, 15) is 0 Å². The van der Waals surface area contributed by atoms with E-state index in [0.717, 1.165) is 28.8 Å². The van der Waals surface area contributed by atoms with E-state index in [4.69, 9.17) is 16.5 Å². The fraction of sp³-hybridized carbons (Fsp3) is 0.389. The predicted octanol–water partition coefficient (Wildman–Crippen LogP) is 3.34. The van der Waals surface area contributed by atoms with Crippen molar-refractivity contribution < 1.29 is 0 Å². The molecular weight excluding hydrogens is 332 g/mol. The van der Waals surface area contributed by atoms with Gasteiger partial charge in [-0.3, -0.25) is 4.99 Å². The van der Waals surface area contributed by atoms with Gasteiger partial charge in [0.25, 0.3) is 0 Å². The largest absolute Gasteiger partial charge is 0.370 e. The molecule has 7 heteroatoms. The Morgan fingerprint density at radius 2 is 2.20 bits per heavy atom. The van der Waals surface area contributed by atoms with Crippen LogP contribution >= 0.6 is 11.3 Å². The zero-order valence-corrected chi connectivity index (χ0v) is 14.7. The van der Waals surface area contributed by atoms with Crippen LogP contribution in [0, 0.1) is 11.8 Å². The topological polar surface area (TPSA) is 102 Å². The summed E-state index contributed by atoms with van der Waals surface area (Å²) in [4.78, 5) is 13.2. The highest BCUT2D eigenvalue weighted by molar-refractivity contribution is 7.13. The maximum Gasteiger partial charge on any atom is 0.212 e. The van der Waals surface area contributed by atoms with Crippen molar-refractivity contribution in [3.8, 4) is 11.3 Å². The van der Waals surface area contributed by atoms with Gasteiger partial charge in [0.2, 0.25) is 5.13 Å². The van der Waals surface area contributed by atoms with Crippen molar-refractivity contribution >= 4 is 34.5 Å². The third-order valence-electron chi connectivity index (χ3n) is 5.07. The molecule has 2 aliphatic carbocycles. The van der Waals surface area contributed by atoms with E-state index in [2.05, 4.69) is 21.4 Å². The first kappa shape index (κ1) is 16.1. The molecule has 130 valence electrons. The van der Waals surface area contributed by atoms with Crippen molar-refractivity contribution in [3.63, 3.8) is 0 Å². The first-order chi connectivity index (χ1) is 12.2. The number of rotatable bonds is 5. The van der Waals surface area contributed by atoms with Gasteiger partial charge in [0.05, 0.1) is 18.1 Å². The smallest absolute Gasteiger partial charge is 0.212 e. The van der Waals surface area contributed by atoms with Gasteiger partial charge in [-0.1, -0.05) is 18.6 Å². The minimum Gasteiger partial charge on any atom is -0.370 e. The highest BCUT2D eigenvalue weighted by Crippen LogP contribution is 2.45. The molecule has 0 spiro atoms. The van der Waals surface area contributed by atoms with Crippen molar-refractivity contribution in [3.05, 3.63) is 29.6 Å². The summed E-state index contributed by atoms with van der Waals surface area (Å²) < 4.78 is 0. The molecule has 1 aromatic heterocycles. The number of nitrogens with one attached hydrogen (secondary N) is 1. The van der Waals surface area contributed by atoms with Gasteiger partial charge in [-0.15, -0.1) is 11.3 Å². The highest BCUT2D eigenvalue weighted by Gasteiger charge is 2.39. The minimum absolute atomic E-state index is 0.0214. The lowest BCUT2D eigenvalue weighted by Crippen LogP contribution is -2.21. The number of nitrogens with two attached hydrogens (primary N) is 2. The number of aromatic nitrogens is 1. The summed E-state index contributed by atoms with van der Waals surface area (Å²) in [6.07, 6.45) is 7.25. The van der Waals surface area contributed by atoms with Gasteiger partial charge < -0.3 is 16.8 Å². The van der Waals surface area contributed by atoms with Crippen LogP contribution in [-0.2, 0) is 0 Å². The fourth-order valence-electron chi connectivity index (χ4n) is 3.93. The molecule has 2 bridgehead atoms. The summed E-state index contributed by atoms with van der Waals surface area (Å²) in [7, 11) is 0. The van der Waals surface area contributed by atoms with Gasteiger partial charge in [0.1, 0.15) is 0 Å².